The summed E-state index contributed by atoms with van der Waals surface area (Å²) in [5.74, 6) is -0.598. The predicted octanol–water partition coefficient (Wildman–Crippen LogP) is 2.13. The van der Waals surface area contributed by atoms with Crippen molar-refractivity contribution in [3.63, 3.8) is 0 Å². The molecule has 0 atom stereocenters. The van der Waals surface area contributed by atoms with E-state index < -0.39 is 0 Å². The Kier molecular flexibility index (Phi) is 5.62. The van der Waals surface area contributed by atoms with Crippen LogP contribution >= 0.6 is 15.9 Å². The van der Waals surface area contributed by atoms with E-state index in [4.69, 9.17) is 4.74 Å². The first kappa shape index (κ1) is 13.6. The van der Waals surface area contributed by atoms with Gasteiger partial charge in [-0.2, -0.15) is 0 Å². The lowest BCUT2D eigenvalue weighted by Crippen LogP contribution is -2.14. The highest BCUT2D eigenvalue weighted by Gasteiger charge is 2.07. The summed E-state index contributed by atoms with van der Waals surface area (Å²) in [5.41, 5.74) is 0.599. The van der Waals surface area contributed by atoms with Crippen molar-refractivity contribution >= 4 is 33.5 Å². The van der Waals surface area contributed by atoms with Crippen molar-refractivity contribution in [1.29, 1.82) is 0 Å². The van der Waals surface area contributed by atoms with Crippen molar-refractivity contribution in [3.05, 3.63) is 22.9 Å². The lowest BCUT2D eigenvalue weighted by molar-refractivity contribution is -0.144. The second kappa shape index (κ2) is 7.01. The number of halogens is 1. The fourth-order valence-corrected chi connectivity index (χ4v) is 1.36. The Balaban J connectivity index is 2.34. The maximum atomic E-state index is 11.4. The zero-order chi connectivity index (χ0) is 12.7. The van der Waals surface area contributed by atoms with Crippen LogP contribution in [0.4, 0.5) is 5.69 Å². The molecule has 6 heteroatoms. The van der Waals surface area contributed by atoms with Crippen molar-refractivity contribution in [3.8, 4) is 0 Å². The van der Waals surface area contributed by atoms with Gasteiger partial charge in [0, 0.05) is 6.42 Å². The third-order valence-electron chi connectivity index (χ3n) is 1.87. The zero-order valence-electron chi connectivity index (χ0n) is 9.40. The molecule has 0 radical (unpaired) electrons. The molecule has 1 rings (SSSR count). The molecule has 1 heterocycles. The predicted molar refractivity (Wildman–Crippen MR) is 66.4 cm³/mol. The number of anilines is 1. The summed E-state index contributed by atoms with van der Waals surface area (Å²) in [6.07, 6.45) is 1.73. The minimum atomic E-state index is -0.364. The molecule has 1 amide bonds. The van der Waals surface area contributed by atoms with Gasteiger partial charge in [0.05, 0.1) is 24.9 Å². The Morgan fingerprint density at radius 2 is 2.18 bits per heavy atom. The molecule has 0 bridgehead atoms. The van der Waals surface area contributed by atoms with Crippen LogP contribution in [0, 0.1) is 0 Å². The number of nitrogens with zero attached hydrogens (tertiary/aromatic N) is 1. The SMILES string of the molecule is CCOC(=O)CCC(=O)Nc1ccc(Br)nc1. The molecule has 5 nitrogen and oxygen atoms in total. The number of esters is 1. The molecule has 1 aromatic heterocycles. The lowest BCUT2D eigenvalue weighted by atomic mass is 10.3. The van der Waals surface area contributed by atoms with E-state index in [1.165, 1.54) is 6.20 Å². The second-order valence-corrected chi connectivity index (χ2v) is 4.04. The standard InChI is InChI=1S/C11H13BrN2O3/c1-2-17-11(16)6-5-10(15)14-8-3-4-9(12)13-7-8/h3-4,7H,2,5-6H2,1H3,(H,14,15). The van der Waals surface area contributed by atoms with Crippen LogP contribution in [0.15, 0.2) is 22.9 Å². The van der Waals surface area contributed by atoms with Gasteiger partial charge in [0.1, 0.15) is 4.60 Å². The average molecular weight is 301 g/mol. The van der Waals surface area contributed by atoms with Crippen LogP contribution in [0.2, 0.25) is 0 Å². The number of hydrogen-bond acceptors (Lipinski definition) is 4. The molecule has 0 unspecified atom stereocenters. The van der Waals surface area contributed by atoms with Crippen LogP contribution < -0.4 is 5.32 Å². The topological polar surface area (TPSA) is 68.3 Å². The maximum absolute atomic E-state index is 11.4. The third-order valence-corrected chi connectivity index (χ3v) is 2.34. The van der Waals surface area contributed by atoms with Crippen molar-refractivity contribution in [2.75, 3.05) is 11.9 Å². The molecule has 0 aliphatic rings. The van der Waals surface area contributed by atoms with E-state index in [9.17, 15) is 9.59 Å². The average Bonchev–Trinajstić information content (AvgIpc) is 2.30. The molecular weight excluding hydrogens is 288 g/mol. The highest BCUT2D eigenvalue weighted by Crippen LogP contribution is 2.10. The van der Waals surface area contributed by atoms with Gasteiger partial charge in [-0.3, -0.25) is 9.59 Å². The van der Waals surface area contributed by atoms with Crippen molar-refractivity contribution in [1.82, 2.24) is 4.98 Å². The van der Waals surface area contributed by atoms with E-state index in [1.54, 1.807) is 19.1 Å². The Labute approximate surface area is 108 Å². The van der Waals surface area contributed by atoms with Crippen LogP contribution in [0.5, 0.6) is 0 Å². The van der Waals surface area contributed by atoms with E-state index in [0.717, 1.165) is 0 Å². The van der Waals surface area contributed by atoms with Crippen LogP contribution in [-0.4, -0.2) is 23.5 Å². The van der Waals surface area contributed by atoms with E-state index >= 15 is 0 Å². The maximum Gasteiger partial charge on any atom is 0.306 e. The van der Waals surface area contributed by atoms with Gasteiger partial charge in [-0.05, 0) is 35.0 Å². The number of carbonyl (C=O) groups excluding carboxylic acids is 2. The minimum Gasteiger partial charge on any atom is -0.466 e. The highest BCUT2D eigenvalue weighted by atomic mass is 79.9. The summed E-state index contributed by atoms with van der Waals surface area (Å²) in [7, 11) is 0. The molecule has 0 aromatic carbocycles. The number of amides is 1. The Morgan fingerprint density at radius 3 is 2.76 bits per heavy atom. The number of rotatable bonds is 5. The van der Waals surface area contributed by atoms with Gasteiger partial charge in [0.2, 0.25) is 5.91 Å². The molecular formula is C11H13BrN2O3. The highest BCUT2D eigenvalue weighted by molar-refractivity contribution is 9.10. The fraction of sp³-hybridized carbons (Fsp3) is 0.364. The molecule has 1 aromatic rings. The molecule has 0 saturated carbocycles. The van der Waals surface area contributed by atoms with Crippen molar-refractivity contribution < 1.29 is 14.3 Å². The van der Waals surface area contributed by atoms with Gasteiger partial charge in [-0.1, -0.05) is 0 Å². The van der Waals surface area contributed by atoms with Crippen molar-refractivity contribution in [2.24, 2.45) is 0 Å². The van der Waals surface area contributed by atoms with Gasteiger partial charge in [0.25, 0.3) is 0 Å². The van der Waals surface area contributed by atoms with Gasteiger partial charge >= 0.3 is 5.97 Å². The van der Waals surface area contributed by atoms with Gasteiger partial charge in [-0.15, -0.1) is 0 Å². The van der Waals surface area contributed by atoms with E-state index in [-0.39, 0.29) is 24.7 Å². The Bertz CT molecular complexity index is 392. The summed E-state index contributed by atoms with van der Waals surface area (Å²) >= 11 is 3.19. The van der Waals surface area contributed by atoms with E-state index in [0.29, 0.717) is 16.9 Å². The first-order chi connectivity index (χ1) is 8.11. The first-order valence-corrected chi connectivity index (χ1v) is 5.98. The zero-order valence-corrected chi connectivity index (χ0v) is 11.0. The van der Waals surface area contributed by atoms with Crippen LogP contribution in [0.1, 0.15) is 19.8 Å². The molecule has 0 aliphatic heterocycles. The summed E-state index contributed by atoms with van der Waals surface area (Å²) < 4.78 is 5.42. The fourth-order valence-electron chi connectivity index (χ4n) is 1.12. The minimum absolute atomic E-state index is 0.0869. The van der Waals surface area contributed by atoms with Gasteiger partial charge in [-0.25, -0.2) is 4.98 Å². The number of ether oxygens (including phenoxy) is 1. The number of carbonyl (C=O) groups is 2. The molecule has 0 fully saturated rings. The lowest BCUT2D eigenvalue weighted by Gasteiger charge is -2.04. The summed E-state index contributed by atoms with van der Waals surface area (Å²) in [6, 6.07) is 3.44. The number of pyridine rings is 1. The molecule has 0 spiro atoms. The number of nitrogens with one attached hydrogen (secondary N) is 1. The van der Waals surface area contributed by atoms with E-state index in [2.05, 4.69) is 26.2 Å². The Morgan fingerprint density at radius 1 is 1.41 bits per heavy atom. The quantitative estimate of drug-likeness (QED) is 0.668. The number of aromatic nitrogens is 1. The molecule has 0 saturated heterocycles. The Hall–Kier alpha value is -1.43. The molecule has 17 heavy (non-hydrogen) atoms. The summed E-state index contributed by atoms with van der Waals surface area (Å²) in [4.78, 5) is 26.4. The third kappa shape index (κ3) is 5.44. The molecule has 0 aliphatic carbocycles. The first-order valence-electron chi connectivity index (χ1n) is 5.19. The van der Waals surface area contributed by atoms with Gasteiger partial charge < -0.3 is 10.1 Å². The monoisotopic (exact) mass is 300 g/mol. The summed E-state index contributed by atoms with van der Waals surface area (Å²) in [5, 5.41) is 2.64. The molecule has 1 N–H and O–H groups in total. The number of hydrogen-bond donors (Lipinski definition) is 1. The van der Waals surface area contributed by atoms with Crippen LogP contribution in [-0.2, 0) is 14.3 Å². The largest absolute Gasteiger partial charge is 0.466 e. The smallest absolute Gasteiger partial charge is 0.306 e. The van der Waals surface area contributed by atoms with E-state index in [1.807, 2.05) is 0 Å². The van der Waals surface area contributed by atoms with Crippen LogP contribution in [0.25, 0.3) is 0 Å². The summed E-state index contributed by atoms with van der Waals surface area (Å²) in [6.45, 7) is 2.06. The van der Waals surface area contributed by atoms with Crippen LogP contribution in [0.3, 0.4) is 0 Å². The van der Waals surface area contributed by atoms with Crippen molar-refractivity contribution in [2.45, 2.75) is 19.8 Å². The normalized spacial score (nSPS) is 9.76. The van der Waals surface area contributed by atoms with Gasteiger partial charge in [0.15, 0.2) is 0 Å². The second-order valence-electron chi connectivity index (χ2n) is 3.22. The molecule has 92 valence electrons.